The van der Waals surface area contributed by atoms with E-state index in [1.165, 1.54) is 21.0 Å². The molecular weight excluding hydrogens is 412 g/mol. The Bertz CT molecular complexity index is 644. The fourth-order valence-corrected chi connectivity index (χ4v) is 5.14. The summed E-state index contributed by atoms with van der Waals surface area (Å²) in [5, 5.41) is 0. The molecule has 2 unspecified atom stereocenters. The molecule has 0 aromatic heterocycles. The standard InChI is InChI=1S/C25H40O7/c1-5-6-7-9-20(31-17(2)26)11-12-22-23-16-21(30-13-8-10-25(28)29-4)14-19(23)15-24(22)32-18(3)27/h11-12,19-24H,5-10,13-16H2,1-4H3/t19-,20?,21?,22+,23+,24+/m0/s1. The Morgan fingerprint density at radius 3 is 2.47 bits per heavy atom. The highest BCUT2D eigenvalue weighted by atomic mass is 16.5. The number of rotatable bonds is 13. The van der Waals surface area contributed by atoms with E-state index < -0.39 is 0 Å². The fraction of sp³-hybridized carbons (Fsp3) is 0.800. The summed E-state index contributed by atoms with van der Waals surface area (Å²) in [7, 11) is 1.39. The molecule has 2 aliphatic rings. The highest BCUT2D eigenvalue weighted by molar-refractivity contribution is 5.69. The molecular formula is C25H40O7. The van der Waals surface area contributed by atoms with Gasteiger partial charge in [0.2, 0.25) is 0 Å². The van der Waals surface area contributed by atoms with E-state index in [-0.39, 0.29) is 42.1 Å². The first-order chi connectivity index (χ1) is 15.3. The average Bonchev–Trinajstić information content (AvgIpc) is 3.25. The third-order valence-corrected chi connectivity index (χ3v) is 6.55. The van der Waals surface area contributed by atoms with Crippen molar-refractivity contribution in [2.75, 3.05) is 13.7 Å². The van der Waals surface area contributed by atoms with Gasteiger partial charge in [0.1, 0.15) is 12.2 Å². The Labute approximate surface area is 192 Å². The minimum atomic E-state index is -0.279. The molecule has 2 saturated carbocycles. The van der Waals surface area contributed by atoms with Crippen molar-refractivity contribution < 1.29 is 33.3 Å². The van der Waals surface area contributed by atoms with E-state index in [0.29, 0.717) is 31.3 Å². The van der Waals surface area contributed by atoms with Crippen LogP contribution in [0.2, 0.25) is 0 Å². The van der Waals surface area contributed by atoms with Crippen LogP contribution in [0.4, 0.5) is 0 Å². The summed E-state index contributed by atoms with van der Waals surface area (Å²) >= 11 is 0. The molecule has 182 valence electrons. The maximum Gasteiger partial charge on any atom is 0.305 e. The summed E-state index contributed by atoms with van der Waals surface area (Å²) in [6, 6.07) is 0. The average molecular weight is 453 g/mol. The number of methoxy groups -OCH3 is 1. The predicted molar refractivity (Wildman–Crippen MR) is 120 cm³/mol. The fourth-order valence-electron chi connectivity index (χ4n) is 5.14. The molecule has 0 heterocycles. The molecule has 0 spiro atoms. The summed E-state index contributed by atoms with van der Waals surface area (Å²) in [4.78, 5) is 34.5. The van der Waals surface area contributed by atoms with Crippen molar-refractivity contribution in [2.45, 2.75) is 96.9 Å². The van der Waals surface area contributed by atoms with E-state index in [9.17, 15) is 14.4 Å². The highest BCUT2D eigenvalue weighted by Gasteiger charge is 2.49. The molecule has 2 rings (SSSR count). The second kappa shape index (κ2) is 13.6. The summed E-state index contributed by atoms with van der Waals surface area (Å²) in [5.74, 6) is 0.146. The number of hydrogen-bond acceptors (Lipinski definition) is 7. The first-order valence-electron chi connectivity index (χ1n) is 12.0. The van der Waals surface area contributed by atoms with Crippen molar-refractivity contribution in [1.29, 1.82) is 0 Å². The molecule has 7 heteroatoms. The maximum absolute atomic E-state index is 11.7. The number of carbonyl (C=O) groups excluding carboxylic acids is 3. The van der Waals surface area contributed by atoms with Crippen LogP contribution in [0, 0.1) is 17.8 Å². The van der Waals surface area contributed by atoms with Crippen LogP contribution in [-0.2, 0) is 33.3 Å². The zero-order valence-electron chi connectivity index (χ0n) is 20.0. The lowest BCUT2D eigenvalue weighted by Gasteiger charge is -2.23. The van der Waals surface area contributed by atoms with E-state index in [0.717, 1.165) is 44.9 Å². The van der Waals surface area contributed by atoms with Crippen molar-refractivity contribution in [2.24, 2.45) is 17.8 Å². The van der Waals surface area contributed by atoms with Crippen molar-refractivity contribution in [3.05, 3.63) is 12.2 Å². The third-order valence-electron chi connectivity index (χ3n) is 6.55. The van der Waals surface area contributed by atoms with E-state index in [4.69, 9.17) is 14.2 Å². The SMILES string of the molecule is CCCCCC(C=C[C@@H]1[C@@H]2CC(OCCCC(=O)OC)C[C@H]2C[C@H]1OC(C)=O)OC(C)=O. The van der Waals surface area contributed by atoms with Gasteiger partial charge in [-0.3, -0.25) is 14.4 Å². The minimum Gasteiger partial charge on any atom is -0.469 e. The van der Waals surface area contributed by atoms with Gasteiger partial charge >= 0.3 is 17.9 Å². The summed E-state index contributed by atoms with van der Waals surface area (Å²) in [5.41, 5.74) is 0. The Morgan fingerprint density at radius 2 is 1.81 bits per heavy atom. The molecule has 2 aliphatic carbocycles. The minimum absolute atomic E-state index is 0.0943. The highest BCUT2D eigenvalue weighted by Crippen LogP contribution is 2.50. The van der Waals surface area contributed by atoms with Crippen molar-refractivity contribution in [3.8, 4) is 0 Å². The maximum atomic E-state index is 11.7. The monoisotopic (exact) mass is 452 g/mol. The molecule has 7 nitrogen and oxygen atoms in total. The second-order valence-electron chi connectivity index (χ2n) is 9.06. The molecule has 0 radical (unpaired) electrons. The summed E-state index contributed by atoms with van der Waals surface area (Å²) in [6.07, 6.45) is 11.6. The van der Waals surface area contributed by atoms with Crippen LogP contribution in [0.25, 0.3) is 0 Å². The molecule has 0 bridgehead atoms. The first kappa shape index (κ1) is 26.4. The number of unbranched alkanes of at least 4 members (excludes halogenated alkanes) is 2. The van der Waals surface area contributed by atoms with Crippen LogP contribution in [0.3, 0.4) is 0 Å². The molecule has 2 fully saturated rings. The molecule has 32 heavy (non-hydrogen) atoms. The molecule has 0 N–H and O–H groups in total. The van der Waals surface area contributed by atoms with Crippen LogP contribution in [0.5, 0.6) is 0 Å². The Morgan fingerprint density at radius 1 is 1.03 bits per heavy atom. The lowest BCUT2D eigenvalue weighted by Crippen LogP contribution is -2.25. The Kier molecular flexibility index (Phi) is 11.2. The van der Waals surface area contributed by atoms with E-state index >= 15 is 0 Å². The van der Waals surface area contributed by atoms with E-state index in [2.05, 4.69) is 17.7 Å². The lowest BCUT2D eigenvalue weighted by molar-refractivity contribution is -0.148. The zero-order valence-corrected chi connectivity index (χ0v) is 20.0. The van der Waals surface area contributed by atoms with Crippen molar-refractivity contribution >= 4 is 17.9 Å². The number of hydrogen-bond donors (Lipinski definition) is 0. The van der Waals surface area contributed by atoms with Gasteiger partial charge in [-0.25, -0.2) is 0 Å². The molecule has 0 aromatic carbocycles. The Balaban J connectivity index is 1.98. The summed E-state index contributed by atoms with van der Waals surface area (Å²) < 4.78 is 21.9. The van der Waals surface area contributed by atoms with Gasteiger partial charge in [0.15, 0.2) is 0 Å². The van der Waals surface area contributed by atoms with Gasteiger partial charge in [-0.1, -0.05) is 25.8 Å². The van der Waals surface area contributed by atoms with Crippen molar-refractivity contribution in [3.63, 3.8) is 0 Å². The normalized spacial score (nSPS) is 27.8. The smallest absolute Gasteiger partial charge is 0.305 e. The van der Waals surface area contributed by atoms with Gasteiger partial charge in [0, 0.05) is 32.8 Å². The van der Waals surface area contributed by atoms with Crippen LogP contribution in [-0.4, -0.2) is 49.9 Å². The van der Waals surface area contributed by atoms with Gasteiger partial charge in [0.05, 0.1) is 13.2 Å². The van der Waals surface area contributed by atoms with Gasteiger partial charge in [-0.05, 0) is 56.4 Å². The van der Waals surface area contributed by atoms with Crippen LogP contribution < -0.4 is 0 Å². The van der Waals surface area contributed by atoms with Crippen LogP contribution >= 0.6 is 0 Å². The lowest BCUT2D eigenvalue weighted by atomic mass is 9.90. The molecule has 6 atom stereocenters. The van der Waals surface area contributed by atoms with E-state index in [1.54, 1.807) is 0 Å². The third kappa shape index (κ3) is 8.57. The number of esters is 3. The summed E-state index contributed by atoms with van der Waals surface area (Å²) in [6.45, 7) is 5.58. The zero-order chi connectivity index (χ0) is 23.5. The van der Waals surface area contributed by atoms with Gasteiger partial charge < -0.3 is 18.9 Å². The van der Waals surface area contributed by atoms with Gasteiger partial charge in [-0.2, -0.15) is 0 Å². The largest absolute Gasteiger partial charge is 0.469 e. The quantitative estimate of drug-likeness (QED) is 0.177. The van der Waals surface area contributed by atoms with Gasteiger partial charge in [0.25, 0.3) is 0 Å². The number of ether oxygens (including phenoxy) is 4. The van der Waals surface area contributed by atoms with Crippen LogP contribution in [0.15, 0.2) is 12.2 Å². The predicted octanol–water partition coefficient (Wildman–Crippen LogP) is 4.37. The topological polar surface area (TPSA) is 88.1 Å². The van der Waals surface area contributed by atoms with Crippen LogP contribution in [0.1, 0.15) is 78.6 Å². The second-order valence-corrected chi connectivity index (χ2v) is 9.06. The van der Waals surface area contributed by atoms with Crippen molar-refractivity contribution in [1.82, 2.24) is 0 Å². The van der Waals surface area contributed by atoms with Gasteiger partial charge in [-0.15, -0.1) is 0 Å². The Hall–Kier alpha value is -1.89. The molecule has 0 saturated heterocycles. The molecule has 0 aliphatic heterocycles. The molecule has 0 aromatic rings. The number of carbonyl (C=O) groups is 3. The molecule has 0 amide bonds. The van der Waals surface area contributed by atoms with E-state index in [1.807, 2.05) is 6.08 Å². The first-order valence-corrected chi connectivity index (χ1v) is 12.0. The number of fused-ring (bicyclic) bond motifs is 1.